The first-order valence-corrected chi connectivity index (χ1v) is 16.1. The molecule has 3 atom stereocenters. The van der Waals surface area contributed by atoms with E-state index in [1.54, 1.807) is 30.3 Å². The number of amides is 3. The van der Waals surface area contributed by atoms with Gasteiger partial charge in [-0.2, -0.15) is 13.2 Å². The van der Waals surface area contributed by atoms with Crippen LogP contribution in [0.4, 0.5) is 24.5 Å². The summed E-state index contributed by atoms with van der Waals surface area (Å²) in [5, 5.41) is 3.91. The Hall–Kier alpha value is -4.88. The van der Waals surface area contributed by atoms with Crippen molar-refractivity contribution in [2.75, 3.05) is 17.3 Å². The smallest absolute Gasteiger partial charge is 0.418 e. The van der Waals surface area contributed by atoms with Gasteiger partial charge in [0, 0.05) is 16.5 Å². The van der Waals surface area contributed by atoms with Crippen LogP contribution in [0.3, 0.4) is 0 Å². The Balaban J connectivity index is 1.28. The lowest BCUT2D eigenvalue weighted by molar-refractivity contribution is -0.137. The van der Waals surface area contributed by atoms with Crippen molar-refractivity contribution in [3.05, 3.63) is 117 Å². The van der Waals surface area contributed by atoms with E-state index in [1.165, 1.54) is 23.8 Å². The molecule has 0 radical (unpaired) electrons. The normalized spacial score (nSPS) is 19.1. The van der Waals surface area contributed by atoms with Crippen LogP contribution in [0.5, 0.6) is 5.75 Å². The number of nitrogens with zero attached hydrogens (tertiary/aromatic N) is 2. The number of para-hydroxylation sites is 1. The molecule has 5 aromatic rings. The summed E-state index contributed by atoms with van der Waals surface area (Å²) in [5.74, 6) is -3.52. The molecular weight excluding hydrogens is 652 g/mol. The van der Waals surface area contributed by atoms with E-state index in [0.717, 1.165) is 46.0 Å². The molecule has 3 amide bonds. The summed E-state index contributed by atoms with van der Waals surface area (Å²) >= 11 is 1.78. The van der Waals surface area contributed by atoms with E-state index in [1.807, 2.05) is 36.4 Å². The quantitative estimate of drug-likeness (QED) is 0.206. The van der Waals surface area contributed by atoms with Gasteiger partial charge >= 0.3 is 11.0 Å². The van der Waals surface area contributed by atoms with Crippen molar-refractivity contribution in [1.29, 1.82) is 0 Å². The predicted molar refractivity (Wildman–Crippen MR) is 173 cm³/mol. The summed E-state index contributed by atoms with van der Waals surface area (Å²) < 4.78 is 48.6. The fraction of sp³-hybridized carbons (Fsp3) is 0.176. The lowest BCUT2D eigenvalue weighted by atomic mass is 9.83. The molecule has 0 spiro atoms. The number of fused-ring (bicyclic) bond motifs is 3. The van der Waals surface area contributed by atoms with Gasteiger partial charge in [0.15, 0.2) is 0 Å². The Morgan fingerprint density at radius 3 is 2.32 bits per heavy atom. The predicted octanol–water partition coefficient (Wildman–Crippen LogP) is 6.52. The number of carbonyl (C=O) groups is 3. The molecule has 8 nitrogen and oxygen atoms in total. The Morgan fingerprint density at radius 1 is 0.894 bits per heavy atom. The van der Waals surface area contributed by atoms with Crippen molar-refractivity contribution in [3.63, 3.8) is 0 Å². The van der Waals surface area contributed by atoms with Gasteiger partial charge in [-0.1, -0.05) is 77.7 Å². The van der Waals surface area contributed by atoms with Gasteiger partial charge in [-0.15, -0.1) is 0 Å². The maximum absolute atomic E-state index is 14.1. The van der Waals surface area contributed by atoms with Crippen molar-refractivity contribution in [2.45, 2.75) is 28.9 Å². The molecule has 7 rings (SSSR count). The van der Waals surface area contributed by atoms with E-state index in [9.17, 15) is 32.3 Å². The molecule has 0 bridgehead atoms. The van der Waals surface area contributed by atoms with Crippen molar-refractivity contribution in [1.82, 2.24) is 4.57 Å². The first kappa shape index (κ1) is 30.8. The minimum Gasteiger partial charge on any atom is -0.497 e. The van der Waals surface area contributed by atoms with E-state index in [2.05, 4.69) is 5.32 Å². The van der Waals surface area contributed by atoms with Gasteiger partial charge in [-0.05, 0) is 52.7 Å². The van der Waals surface area contributed by atoms with Crippen molar-refractivity contribution in [3.8, 4) is 5.75 Å². The largest absolute Gasteiger partial charge is 0.497 e. The van der Waals surface area contributed by atoms with Gasteiger partial charge in [-0.25, -0.2) is 4.90 Å². The maximum atomic E-state index is 14.1. The fourth-order valence-corrected chi connectivity index (χ4v) is 8.96. The molecule has 1 saturated heterocycles. The number of hydrogen-bond donors (Lipinski definition) is 1. The van der Waals surface area contributed by atoms with Gasteiger partial charge in [-0.3, -0.25) is 23.7 Å². The summed E-state index contributed by atoms with van der Waals surface area (Å²) in [6.07, 6.45) is -4.81. The lowest BCUT2D eigenvalue weighted by Gasteiger charge is -2.30. The van der Waals surface area contributed by atoms with Crippen LogP contribution >= 0.6 is 23.1 Å². The fourth-order valence-electron chi connectivity index (χ4n) is 6.18. The van der Waals surface area contributed by atoms with Crippen LogP contribution in [0.1, 0.15) is 21.9 Å². The third-order valence-electron chi connectivity index (χ3n) is 8.31. The lowest BCUT2D eigenvalue weighted by Crippen LogP contribution is -2.33. The monoisotopic (exact) mass is 675 g/mol. The number of nitrogens with one attached hydrogen (secondary N) is 1. The van der Waals surface area contributed by atoms with E-state index >= 15 is 0 Å². The molecule has 1 fully saturated rings. The van der Waals surface area contributed by atoms with Crippen LogP contribution < -0.4 is 19.8 Å². The van der Waals surface area contributed by atoms with Crippen molar-refractivity contribution < 1.29 is 32.3 Å². The molecule has 13 heteroatoms. The molecule has 238 valence electrons. The third-order valence-corrected chi connectivity index (χ3v) is 10.9. The third kappa shape index (κ3) is 5.38. The van der Waals surface area contributed by atoms with E-state index < -0.39 is 57.1 Å². The zero-order chi connectivity index (χ0) is 33.0. The van der Waals surface area contributed by atoms with E-state index in [0.29, 0.717) is 31.8 Å². The molecule has 0 saturated carbocycles. The molecule has 3 unspecified atom stereocenters. The van der Waals surface area contributed by atoms with Crippen LogP contribution in [0.15, 0.2) is 101 Å². The highest BCUT2D eigenvalue weighted by atomic mass is 32.2. The highest BCUT2D eigenvalue weighted by Gasteiger charge is 2.57. The molecule has 0 aliphatic carbocycles. The van der Waals surface area contributed by atoms with Crippen molar-refractivity contribution in [2.24, 2.45) is 5.92 Å². The number of anilines is 2. The van der Waals surface area contributed by atoms with Crippen LogP contribution in [-0.2, 0) is 27.1 Å². The SMILES string of the molecule is COc1ccc(C2c3sc(=O)n(CC(=O)Nc4ccc5ccccc5c4)c3SC3C(=O)N(c4ccccc4C(F)(F)F)C(=O)C32)cc1. The van der Waals surface area contributed by atoms with Crippen molar-refractivity contribution >= 4 is 63.0 Å². The number of methoxy groups -OCH3 is 1. The topological polar surface area (TPSA) is 97.7 Å². The Labute approximate surface area is 273 Å². The van der Waals surface area contributed by atoms with Crippen LogP contribution in [0, 0.1) is 5.92 Å². The molecule has 1 aromatic heterocycles. The standard InChI is InChI=1S/C34H24F3N3O5S2/c1-45-22-14-11-19(12-15-22)26-27-28(31(43)40(30(27)42)24-9-5-4-8-23(24)34(35,36)37)46-32-29(26)47-33(44)39(32)17-25(41)38-21-13-10-18-6-2-3-7-20(18)16-21/h2-16,26-28H,17H2,1H3,(H,38,41). The van der Waals surface area contributed by atoms with Gasteiger partial charge in [0.1, 0.15) is 17.5 Å². The maximum Gasteiger partial charge on any atom is 0.418 e. The molecule has 2 aliphatic rings. The Morgan fingerprint density at radius 2 is 1.60 bits per heavy atom. The number of carbonyl (C=O) groups excluding carboxylic acids is 3. The second-order valence-corrected chi connectivity index (χ2v) is 13.2. The second-order valence-electron chi connectivity index (χ2n) is 11.1. The minimum absolute atomic E-state index is 0.322. The number of halogens is 3. The zero-order valence-corrected chi connectivity index (χ0v) is 26.1. The summed E-state index contributed by atoms with van der Waals surface area (Å²) in [6, 6.07) is 24.3. The Bertz CT molecular complexity index is 2130. The summed E-state index contributed by atoms with van der Waals surface area (Å²) in [5.41, 5.74) is -0.550. The average Bonchev–Trinajstić information content (AvgIpc) is 3.50. The van der Waals surface area contributed by atoms with Gasteiger partial charge in [0.05, 0.1) is 29.3 Å². The molecule has 47 heavy (non-hydrogen) atoms. The number of thioether (sulfide) groups is 1. The highest BCUT2D eigenvalue weighted by Crippen LogP contribution is 2.54. The molecule has 2 aliphatic heterocycles. The second kappa shape index (κ2) is 11.7. The first-order valence-electron chi connectivity index (χ1n) is 14.4. The number of imide groups is 1. The summed E-state index contributed by atoms with van der Waals surface area (Å²) in [7, 11) is 1.49. The highest BCUT2D eigenvalue weighted by molar-refractivity contribution is 8.00. The first-order chi connectivity index (χ1) is 22.5. The molecule has 3 heterocycles. The van der Waals surface area contributed by atoms with Gasteiger partial charge in [0.25, 0.3) is 0 Å². The van der Waals surface area contributed by atoms with Crippen LogP contribution in [0.25, 0.3) is 10.8 Å². The number of ether oxygens (including phenoxy) is 1. The van der Waals surface area contributed by atoms with Gasteiger partial charge in [0.2, 0.25) is 17.7 Å². The summed E-state index contributed by atoms with van der Waals surface area (Å²) in [4.78, 5) is 55.3. The number of aromatic nitrogens is 1. The van der Waals surface area contributed by atoms with E-state index in [4.69, 9.17) is 4.74 Å². The minimum atomic E-state index is -4.81. The number of alkyl halides is 3. The molecular formula is C34H24F3N3O5S2. The average molecular weight is 676 g/mol. The number of rotatable bonds is 6. The summed E-state index contributed by atoms with van der Waals surface area (Å²) in [6.45, 7) is -0.375. The van der Waals surface area contributed by atoms with E-state index in [-0.39, 0.29) is 6.54 Å². The molecule has 1 N–H and O–H groups in total. The van der Waals surface area contributed by atoms with Gasteiger partial charge < -0.3 is 10.1 Å². The van der Waals surface area contributed by atoms with Crippen LogP contribution in [0.2, 0.25) is 0 Å². The number of benzene rings is 4. The zero-order valence-electron chi connectivity index (χ0n) is 24.5. The Kier molecular flexibility index (Phi) is 7.68. The van der Waals surface area contributed by atoms with Crippen LogP contribution in [-0.4, -0.2) is 34.6 Å². The molecule has 4 aromatic carbocycles. The number of hydrogen-bond acceptors (Lipinski definition) is 7. The number of thiazole rings is 1.